The number of rotatable bonds is 9. The van der Waals surface area contributed by atoms with Crippen molar-refractivity contribution in [1.82, 2.24) is 4.90 Å². The Hall–Kier alpha value is -1.94. The first-order valence-corrected chi connectivity index (χ1v) is 13.6. The van der Waals surface area contributed by atoms with Crippen LogP contribution < -0.4 is 0 Å². The summed E-state index contributed by atoms with van der Waals surface area (Å²) in [5.74, 6) is -0.399. The van der Waals surface area contributed by atoms with Crippen molar-refractivity contribution in [2.45, 2.75) is 65.2 Å². The van der Waals surface area contributed by atoms with E-state index >= 15 is 0 Å². The summed E-state index contributed by atoms with van der Waals surface area (Å²) in [4.78, 5) is 26.5. The fraction of sp³-hybridized carbons (Fsp3) is 0.478. The number of amides is 2. The van der Waals surface area contributed by atoms with E-state index in [2.05, 4.69) is 40.1 Å². The van der Waals surface area contributed by atoms with E-state index in [4.69, 9.17) is 0 Å². The van der Waals surface area contributed by atoms with Crippen LogP contribution >= 0.6 is 0 Å². The van der Waals surface area contributed by atoms with Crippen molar-refractivity contribution in [2.24, 2.45) is 0 Å². The third kappa shape index (κ3) is 5.52. The summed E-state index contributed by atoms with van der Waals surface area (Å²) in [6.45, 7) is 16.1. The van der Waals surface area contributed by atoms with Crippen molar-refractivity contribution in [1.29, 1.82) is 0 Å². The first-order chi connectivity index (χ1) is 12.6. The summed E-state index contributed by atoms with van der Waals surface area (Å²) in [5, 5.41) is 0. The first-order valence-electron chi connectivity index (χ1n) is 9.93. The van der Waals surface area contributed by atoms with Gasteiger partial charge in [0.25, 0.3) is 11.8 Å². The lowest BCUT2D eigenvalue weighted by atomic mass is 9.97. The molecule has 0 spiro atoms. The Morgan fingerprint density at radius 1 is 1.07 bits per heavy atom. The van der Waals surface area contributed by atoms with E-state index in [-0.39, 0.29) is 11.8 Å². The molecule has 0 fully saturated rings. The first kappa shape index (κ1) is 21.4. The van der Waals surface area contributed by atoms with Gasteiger partial charge in [-0.15, -0.1) is 0 Å². The van der Waals surface area contributed by atoms with E-state index in [1.54, 1.807) is 24.3 Å². The molecule has 0 radical (unpaired) electrons. The molecule has 1 aromatic rings. The average Bonchev–Trinajstić information content (AvgIpc) is 2.82. The summed E-state index contributed by atoms with van der Waals surface area (Å²) in [6, 6.07) is 8.24. The number of nitrogens with zero attached hydrogens (tertiary/aromatic N) is 1. The van der Waals surface area contributed by atoms with Gasteiger partial charge < -0.3 is 0 Å². The molecule has 0 saturated heterocycles. The van der Waals surface area contributed by atoms with Crippen LogP contribution in [0.5, 0.6) is 0 Å². The minimum absolute atomic E-state index is 0.199. The van der Waals surface area contributed by atoms with Crippen LogP contribution in [0.25, 0.3) is 0 Å². The second-order valence-corrected chi connectivity index (χ2v) is 14.4. The lowest BCUT2D eigenvalue weighted by molar-refractivity contribution is 0.0667. The molecule has 2 rings (SSSR count). The van der Waals surface area contributed by atoms with Crippen molar-refractivity contribution in [2.75, 3.05) is 6.54 Å². The molecule has 1 aliphatic heterocycles. The number of carbonyl (C=O) groups excluding carboxylic acids is 2. The van der Waals surface area contributed by atoms with Crippen molar-refractivity contribution in [3.8, 4) is 0 Å². The predicted molar refractivity (Wildman–Crippen MR) is 116 cm³/mol. The van der Waals surface area contributed by atoms with E-state index in [1.165, 1.54) is 28.5 Å². The van der Waals surface area contributed by atoms with Crippen LogP contribution in [0.4, 0.5) is 0 Å². The van der Waals surface area contributed by atoms with E-state index in [0.29, 0.717) is 17.7 Å². The fourth-order valence-corrected chi connectivity index (χ4v) is 5.57. The molecule has 2 amide bonds. The Morgan fingerprint density at radius 3 is 2.11 bits per heavy atom. The molecule has 146 valence electrons. The van der Waals surface area contributed by atoms with Crippen LogP contribution in [0, 0.1) is 0 Å². The number of allylic oxidation sites excluding steroid dienone is 2. The molecular formula is C23H33NO2Si. The zero-order valence-corrected chi connectivity index (χ0v) is 18.5. The normalized spacial score (nSPS) is 15.1. The van der Waals surface area contributed by atoms with Crippen LogP contribution in [0.1, 0.15) is 60.2 Å². The van der Waals surface area contributed by atoms with E-state index in [1.807, 2.05) is 0 Å². The Labute approximate surface area is 165 Å². The Bertz CT molecular complexity index is 736. The minimum atomic E-state index is -1.18. The minimum Gasteiger partial charge on any atom is -0.270 e. The van der Waals surface area contributed by atoms with E-state index in [9.17, 15) is 9.59 Å². The quantitative estimate of drug-likeness (QED) is 0.295. The highest BCUT2D eigenvalue weighted by atomic mass is 28.3. The van der Waals surface area contributed by atoms with Gasteiger partial charge in [-0.2, -0.15) is 0 Å². The molecule has 0 N–H and O–H groups in total. The van der Waals surface area contributed by atoms with Gasteiger partial charge in [-0.3, -0.25) is 14.5 Å². The molecule has 4 heteroatoms. The number of fused-ring (bicyclic) bond motifs is 1. The molecular weight excluding hydrogens is 350 g/mol. The van der Waals surface area contributed by atoms with E-state index in [0.717, 1.165) is 24.8 Å². The highest BCUT2D eigenvalue weighted by molar-refractivity contribution is 6.76. The van der Waals surface area contributed by atoms with Crippen molar-refractivity contribution >= 4 is 19.9 Å². The summed E-state index contributed by atoms with van der Waals surface area (Å²) >= 11 is 0. The predicted octanol–water partition coefficient (Wildman–Crippen LogP) is 6.07. The molecule has 1 heterocycles. The van der Waals surface area contributed by atoms with Crippen LogP contribution in [0.2, 0.25) is 25.7 Å². The van der Waals surface area contributed by atoms with Gasteiger partial charge in [-0.25, -0.2) is 0 Å². The molecule has 0 saturated carbocycles. The molecule has 0 unspecified atom stereocenters. The van der Waals surface area contributed by atoms with Crippen molar-refractivity contribution < 1.29 is 9.59 Å². The Balaban J connectivity index is 2.11. The fourth-order valence-electron chi connectivity index (χ4n) is 3.73. The Morgan fingerprint density at radius 2 is 1.63 bits per heavy atom. The number of benzene rings is 1. The molecule has 0 aliphatic carbocycles. The average molecular weight is 384 g/mol. The number of hydrogen-bond donors (Lipinski definition) is 0. The number of imide groups is 1. The van der Waals surface area contributed by atoms with Crippen LogP contribution in [0.15, 0.2) is 47.6 Å². The zero-order chi connectivity index (χ0) is 20.2. The Kier molecular flexibility index (Phi) is 6.99. The van der Waals surface area contributed by atoms with Gasteiger partial charge in [0.2, 0.25) is 0 Å². The molecule has 0 aromatic heterocycles. The topological polar surface area (TPSA) is 37.4 Å². The molecule has 0 atom stereocenters. The summed E-state index contributed by atoms with van der Waals surface area (Å²) < 4.78 is 0. The molecule has 1 aromatic carbocycles. The van der Waals surface area contributed by atoms with Crippen molar-refractivity contribution in [3.63, 3.8) is 0 Å². The smallest absolute Gasteiger partial charge is 0.261 e. The third-order valence-corrected chi connectivity index (χ3v) is 6.55. The van der Waals surface area contributed by atoms with Gasteiger partial charge in [0.15, 0.2) is 0 Å². The summed E-state index contributed by atoms with van der Waals surface area (Å²) in [7, 11) is -1.18. The molecule has 3 nitrogen and oxygen atoms in total. The second-order valence-electron chi connectivity index (χ2n) is 8.89. The summed E-state index contributed by atoms with van der Waals surface area (Å²) in [5.41, 5.74) is 4.87. The number of hydrogen-bond acceptors (Lipinski definition) is 2. The van der Waals surface area contributed by atoms with Crippen LogP contribution in [-0.4, -0.2) is 31.3 Å². The number of unbranched alkanes of at least 4 members (excludes halogenated alkanes) is 1. The largest absolute Gasteiger partial charge is 0.270 e. The summed E-state index contributed by atoms with van der Waals surface area (Å²) in [6.07, 6.45) is 4.19. The highest BCUT2D eigenvalue weighted by Crippen LogP contribution is 2.28. The van der Waals surface area contributed by atoms with Crippen molar-refractivity contribution in [3.05, 3.63) is 58.7 Å². The van der Waals surface area contributed by atoms with Gasteiger partial charge in [0, 0.05) is 8.07 Å². The van der Waals surface area contributed by atoms with Crippen LogP contribution in [0.3, 0.4) is 0 Å². The van der Waals surface area contributed by atoms with Gasteiger partial charge in [0.05, 0.1) is 17.7 Å². The van der Waals surface area contributed by atoms with E-state index < -0.39 is 8.07 Å². The highest BCUT2D eigenvalue weighted by Gasteiger charge is 2.35. The lowest BCUT2D eigenvalue weighted by Crippen LogP contribution is -2.31. The maximum atomic E-state index is 12.6. The van der Waals surface area contributed by atoms with Crippen LogP contribution in [-0.2, 0) is 0 Å². The molecule has 1 aliphatic rings. The molecule has 0 bridgehead atoms. The number of carbonyl (C=O) groups is 2. The lowest BCUT2D eigenvalue weighted by Gasteiger charge is -2.22. The standard InChI is InChI=1S/C23H33NO2Si/c1-7-8-11-19(18(3)16-27(4,5)6)14-17(2)15-24-22(25)20-12-9-10-13-21(20)23(24)26/h9-10,12-13H,2,7-8,11,14-16H2,1,3-6H3/b19-18+. The molecule has 27 heavy (non-hydrogen) atoms. The van der Waals surface area contributed by atoms with Gasteiger partial charge in [-0.05, 0) is 44.4 Å². The monoisotopic (exact) mass is 383 g/mol. The van der Waals surface area contributed by atoms with Gasteiger partial charge in [-0.1, -0.05) is 68.4 Å². The maximum absolute atomic E-state index is 12.6. The third-order valence-electron chi connectivity index (χ3n) is 4.95. The second kappa shape index (κ2) is 8.83. The van der Waals surface area contributed by atoms with Gasteiger partial charge >= 0.3 is 0 Å². The maximum Gasteiger partial charge on any atom is 0.261 e. The zero-order valence-electron chi connectivity index (χ0n) is 17.5. The van der Waals surface area contributed by atoms with Gasteiger partial charge in [0.1, 0.15) is 0 Å². The SMILES string of the molecule is C=C(C/C(CCCC)=C(\C)C[Si](C)(C)C)CN1C(=O)c2ccccc2C1=O.